The minimum absolute atomic E-state index is 0.0528. The van der Waals surface area contributed by atoms with Gasteiger partial charge in [-0.1, -0.05) is 30.3 Å². The fraction of sp³-hybridized carbons (Fsp3) is 0.235. The van der Waals surface area contributed by atoms with Gasteiger partial charge < -0.3 is 14.7 Å². The second kappa shape index (κ2) is 5.87. The minimum Gasteiger partial charge on any atom is -0.489 e. The molecule has 21 heavy (non-hydrogen) atoms. The number of hydrogen-bond donors (Lipinski definition) is 1. The number of rotatable bonds is 5. The first-order chi connectivity index (χ1) is 10.2. The number of carbonyl (C=O) groups is 1. The third-order valence-electron chi connectivity index (χ3n) is 3.62. The van der Waals surface area contributed by atoms with E-state index in [1.54, 1.807) is 0 Å². The molecule has 1 aliphatic heterocycles. The molecule has 0 fully saturated rings. The number of ether oxygens (including phenoxy) is 1. The Morgan fingerprint density at radius 2 is 2.00 bits per heavy atom. The molecule has 0 atom stereocenters. The third-order valence-corrected chi connectivity index (χ3v) is 3.62. The van der Waals surface area contributed by atoms with Gasteiger partial charge in [-0.05, 0) is 35.7 Å². The number of aliphatic carboxylic acids is 1. The number of fused-ring (bicyclic) bond motifs is 1. The summed E-state index contributed by atoms with van der Waals surface area (Å²) in [6.07, 6.45) is 0.866. The van der Waals surface area contributed by atoms with Crippen LogP contribution in [0.15, 0.2) is 48.5 Å². The van der Waals surface area contributed by atoms with Gasteiger partial charge in [0.15, 0.2) is 0 Å². The Bertz CT molecular complexity index is 640. The highest BCUT2D eigenvalue weighted by Crippen LogP contribution is 2.31. The quantitative estimate of drug-likeness (QED) is 0.916. The number of benzene rings is 2. The van der Waals surface area contributed by atoms with Crippen LogP contribution in [-0.2, 0) is 17.8 Å². The van der Waals surface area contributed by atoms with Crippen molar-refractivity contribution < 1.29 is 14.6 Å². The number of nitrogens with zero attached hydrogens (tertiary/aromatic N) is 1. The topological polar surface area (TPSA) is 49.8 Å². The van der Waals surface area contributed by atoms with Crippen molar-refractivity contribution >= 4 is 11.7 Å². The molecule has 0 saturated carbocycles. The Balaban J connectivity index is 1.68. The van der Waals surface area contributed by atoms with Gasteiger partial charge in [0.1, 0.15) is 18.9 Å². The molecule has 1 N–H and O–H groups in total. The van der Waals surface area contributed by atoms with Crippen molar-refractivity contribution in [2.75, 3.05) is 18.0 Å². The molecule has 4 heteroatoms. The van der Waals surface area contributed by atoms with Crippen LogP contribution in [0.5, 0.6) is 5.75 Å². The molecule has 1 heterocycles. The molecule has 108 valence electrons. The zero-order valence-corrected chi connectivity index (χ0v) is 11.7. The summed E-state index contributed by atoms with van der Waals surface area (Å²) < 4.78 is 5.80. The largest absolute Gasteiger partial charge is 0.489 e. The molecule has 4 nitrogen and oxygen atoms in total. The molecule has 0 unspecified atom stereocenters. The lowest BCUT2D eigenvalue weighted by Crippen LogP contribution is -2.27. The van der Waals surface area contributed by atoms with Gasteiger partial charge in [-0.2, -0.15) is 0 Å². The summed E-state index contributed by atoms with van der Waals surface area (Å²) in [7, 11) is 0. The van der Waals surface area contributed by atoms with Gasteiger partial charge in [0.2, 0.25) is 0 Å². The van der Waals surface area contributed by atoms with Gasteiger partial charge in [-0.25, -0.2) is 0 Å². The van der Waals surface area contributed by atoms with E-state index >= 15 is 0 Å². The fourth-order valence-electron chi connectivity index (χ4n) is 2.60. The van der Waals surface area contributed by atoms with E-state index in [1.165, 1.54) is 0 Å². The maximum atomic E-state index is 10.8. The van der Waals surface area contributed by atoms with E-state index in [4.69, 9.17) is 9.84 Å². The van der Waals surface area contributed by atoms with Crippen molar-refractivity contribution in [3.8, 4) is 5.75 Å². The summed E-state index contributed by atoms with van der Waals surface area (Å²) in [6.45, 7) is 1.35. The molecule has 2 aromatic rings. The predicted octanol–water partition coefficient (Wildman–Crippen LogP) is 2.71. The van der Waals surface area contributed by atoms with Crippen LogP contribution < -0.4 is 9.64 Å². The highest BCUT2D eigenvalue weighted by atomic mass is 16.5. The second-order valence-corrected chi connectivity index (χ2v) is 5.13. The van der Waals surface area contributed by atoms with Crippen LogP contribution in [0.1, 0.15) is 11.1 Å². The van der Waals surface area contributed by atoms with Crippen molar-refractivity contribution in [1.29, 1.82) is 0 Å². The van der Waals surface area contributed by atoms with Crippen LogP contribution >= 0.6 is 0 Å². The van der Waals surface area contributed by atoms with E-state index in [1.807, 2.05) is 53.4 Å². The molecular formula is C17H17NO3. The number of hydrogen-bond acceptors (Lipinski definition) is 3. The molecule has 0 amide bonds. The number of carboxylic acids is 1. The average molecular weight is 283 g/mol. The van der Waals surface area contributed by atoms with E-state index in [2.05, 4.69) is 0 Å². The highest BCUT2D eigenvalue weighted by molar-refractivity contribution is 5.75. The van der Waals surface area contributed by atoms with Crippen LogP contribution in [0, 0.1) is 0 Å². The first-order valence-electron chi connectivity index (χ1n) is 6.99. The van der Waals surface area contributed by atoms with Gasteiger partial charge in [-0.3, -0.25) is 4.79 Å². The zero-order chi connectivity index (χ0) is 14.7. The zero-order valence-electron chi connectivity index (χ0n) is 11.7. The summed E-state index contributed by atoms with van der Waals surface area (Å²) in [5.41, 5.74) is 3.29. The lowest BCUT2D eigenvalue weighted by atomic mass is 10.1. The monoisotopic (exact) mass is 283 g/mol. The maximum Gasteiger partial charge on any atom is 0.323 e. The van der Waals surface area contributed by atoms with E-state index in [-0.39, 0.29) is 6.54 Å². The molecule has 0 spiro atoms. The summed E-state index contributed by atoms with van der Waals surface area (Å²) in [5.74, 6) is 0.0297. The first-order valence-corrected chi connectivity index (χ1v) is 6.99. The lowest BCUT2D eigenvalue weighted by molar-refractivity contribution is -0.135. The van der Waals surface area contributed by atoms with Gasteiger partial charge in [0, 0.05) is 12.2 Å². The first kappa shape index (κ1) is 13.5. The molecule has 1 aliphatic rings. The third kappa shape index (κ3) is 3.16. The summed E-state index contributed by atoms with van der Waals surface area (Å²) in [4.78, 5) is 12.7. The van der Waals surface area contributed by atoms with Crippen molar-refractivity contribution in [2.45, 2.75) is 13.0 Å². The van der Waals surface area contributed by atoms with Crippen LogP contribution in [0.4, 0.5) is 5.69 Å². The fourth-order valence-corrected chi connectivity index (χ4v) is 2.60. The summed E-state index contributed by atoms with van der Waals surface area (Å²) in [6, 6.07) is 15.9. The standard InChI is InChI=1S/C17H17NO3/c19-17(20)11-18-9-8-14-10-15(6-7-16(14)18)21-12-13-4-2-1-3-5-13/h1-7,10H,8-9,11-12H2,(H,19,20). The molecular weight excluding hydrogens is 266 g/mol. The molecule has 0 aromatic heterocycles. The maximum absolute atomic E-state index is 10.8. The average Bonchev–Trinajstić information content (AvgIpc) is 2.88. The molecule has 2 aromatic carbocycles. The Hall–Kier alpha value is -2.49. The Morgan fingerprint density at radius 1 is 1.19 bits per heavy atom. The molecule has 3 rings (SSSR count). The number of anilines is 1. The Morgan fingerprint density at radius 3 is 2.76 bits per heavy atom. The van der Waals surface area contributed by atoms with Crippen molar-refractivity contribution in [3.63, 3.8) is 0 Å². The predicted molar refractivity (Wildman–Crippen MR) is 80.8 cm³/mol. The van der Waals surface area contributed by atoms with Crippen molar-refractivity contribution in [2.24, 2.45) is 0 Å². The van der Waals surface area contributed by atoms with Gasteiger partial charge in [0.05, 0.1) is 0 Å². The van der Waals surface area contributed by atoms with E-state index in [9.17, 15) is 4.79 Å². The Labute approximate surface area is 123 Å². The van der Waals surface area contributed by atoms with E-state index in [0.29, 0.717) is 6.61 Å². The summed E-state index contributed by atoms with van der Waals surface area (Å²) >= 11 is 0. The molecule has 0 saturated heterocycles. The van der Waals surface area contributed by atoms with Gasteiger partial charge >= 0.3 is 5.97 Å². The lowest BCUT2D eigenvalue weighted by Gasteiger charge is -2.16. The minimum atomic E-state index is -0.799. The van der Waals surface area contributed by atoms with Gasteiger partial charge in [0.25, 0.3) is 0 Å². The van der Waals surface area contributed by atoms with Crippen LogP contribution in [0.25, 0.3) is 0 Å². The number of carboxylic acid groups (broad SMARTS) is 1. The highest BCUT2D eigenvalue weighted by Gasteiger charge is 2.21. The SMILES string of the molecule is O=C(O)CN1CCc2cc(OCc3ccccc3)ccc21. The van der Waals surface area contributed by atoms with Crippen molar-refractivity contribution in [1.82, 2.24) is 0 Å². The summed E-state index contributed by atoms with van der Waals surface area (Å²) in [5, 5.41) is 8.90. The van der Waals surface area contributed by atoms with Crippen molar-refractivity contribution in [3.05, 3.63) is 59.7 Å². The Kier molecular flexibility index (Phi) is 3.77. The van der Waals surface area contributed by atoms with Crippen LogP contribution in [0.2, 0.25) is 0 Å². The van der Waals surface area contributed by atoms with Crippen LogP contribution in [-0.4, -0.2) is 24.2 Å². The normalized spacial score (nSPS) is 13.0. The van der Waals surface area contributed by atoms with E-state index in [0.717, 1.165) is 35.5 Å². The molecule has 0 radical (unpaired) electrons. The molecule has 0 aliphatic carbocycles. The van der Waals surface area contributed by atoms with Crippen LogP contribution in [0.3, 0.4) is 0 Å². The molecule has 0 bridgehead atoms. The second-order valence-electron chi connectivity index (χ2n) is 5.13. The van der Waals surface area contributed by atoms with E-state index < -0.39 is 5.97 Å². The smallest absolute Gasteiger partial charge is 0.323 e. The van der Waals surface area contributed by atoms with Gasteiger partial charge in [-0.15, -0.1) is 0 Å².